The van der Waals surface area contributed by atoms with Crippen molar-refractivity contribution >= 4 is 5.69 Å². The monoisotopic (exact) mass is 424 g/mol. The van der Waals surface area contributed by atoms with Crippen LogP contribution < -0.4 is 9.64 Å². The van der Waals surface area contributed by atoms with Crippen molar-refractivity contribution < 1.29 is 9.47 Å². The maximum atomic E-state index is 6.85. The standard InChI is InChI=1S/C27H40N2O2/c1-4-6-12-29(13-7-5-2)25-19-23(21-28-14-16-30-17-15-28)18-22(3)26(25)31-27-11-9-8-10-24(27)20-27/h8-11,18-19,24H,4-7,12-17,20-21H2,1-3H3. The van der Waals surface area contributed by atoms with Crippen LogP contribution in [0, 0.1) is 12.8 Å². The van der Waals surface area contributed by atoms with E-state index < -0.39 is 0 Å². The van der Waals surface area contributed by atoms with E-state index in [2.05, 4.69) is 67.0 Å². The van der Waals surface area contributed by atoms with E-state index >= 15 is 0 Å². The van der Waals surface area contributed by atoms with Crippen LogP contribution in [0.2, 0.25) is 0 Å². The molecule has 0 bridgehead atoms. The molecule has 1 saturated heterocycles. The van der Waals surface area contributed by atoms with E-state index in [1.165, 1.54) is 42.5 Å². The summed E-state index contributed by atoms with van der Waals surface area (Å²) in [4.78, 5) is 5.10. The fourth-order valence-electron chi connectivity index (χ4n) is 4.82. The van der Waals surface area contributed by atoms with E-state index in [0.717, 1.165) is 58.1 Å². The molecule has 0 spiro atoms. The van der Waals surface area contributed by atoms with Gasteiger partial charge in [0.25, 0.3) is 0 Å². The number of anilines is 1. The minimum Gasteiger partial charge on any atom is -0.480 e. The van der Waals surface area contributed by atoms with Crippen molar-refractivity contribution in [3.05, 3.63) is 47.6 Å². The second kappa shape index (κ2) is 10.2. The Morgan fingerprint density at radius 3 is 2.52 bits per heavy atom. The summed E-state index contributed by atoms with van der Waals surface area (Å²) < 4.78 is 12.4. The molecule has 0 N–H and O–H groups in total. The van der Waals surface area contributed by atoms with E-state index in [9.17, 15) is 0 Å². The van der Waals surface area contributed by atoms with E-state index in [-0.39, 0.29) is 5.60 Å². The lowest BCUT2D eigenvalue weighted by atomic mass is 10.0. The molecule has 2 unspecified atom stereocenters. The molecule has 1 aromatic rings. The summed E-state index contributed by atoms with van der Waals surface area (Å²) in [6, 6.07) is 4.77. The van der Waals surface area contributed by atoms with Crippen LogP contribution in [0.3, 0.4) is 0 Å². The van der Waals surface area contributed by atoms with Crippen LogP contribution in [0.4, 0.5) is 5.69 Å². The van der Waals surface area contributed by atoms with Crippen LogP contribution in [0.25, 0.3) is 0 Å². The number of hydrogen-bond donors (Lipinski definition) is 0. The molecule has 1 aliphatic heterocycles. The number of fused-ring (bicyclic) bond motifs is 1. The van der Waals surface area contributed by atoms with Crippen LogP contribution in [0.5, 0.6) is 5.75 Å². The number of aryl methyl sites for hydroxylation is 1. The molecule has 170 valence electrons. The van der Waals surface area contributed by atoms with E-state index in [4.69, 9.17) is 9.47 Å². The highest BCUT2D eigenvalue weighted by Gasteiger charge is 2.54. The quantitative estimate of drug-likeness (QED) is 0.468. The van der Waals surface area contributed by atoms with Gasteiger partial charge in [0.15, 0.2) is 0 Å². The summed E-state index contributed by atoms with van der Waals surface area (Å²) in [5.41, 5.74) is 3.83. The van der Waals surface area contributed by atoms with Crippen LogP contribution in [0.15, 0.2) is 36.4 Å². The predicted molar refractivity (Wildman–Crippen MR) is 129 cm³/mol. The number of unbranched alkanes of at least 4 members (excludes halogenated alkanes) is 2. The number of allylic oxidation sites excluding steroid dienone is 2. The third-order valence-corrected chi connectivity index (χ3v) is 6.86. The number of morpholine rings is 1. The molecule has 0 radical (unpaired) electrons. The Bertz CT molecular complexity index is 789. The topological polar surface area (TPSA) is 24.9 Å². The molecule has 0 amide bonds. The highest BCUT2D eigenvalue weighted by Crippen LogP contribution is 2.52. The van der Waals surface area contributed by atoms with Gasteiger partial charge in [-0.25, -0.2) is 0 Å². The lowest BCUT2D eigenvalue weighted by Gasteiger charge is -2.31. The zero-order valence-electron chi connectivity index (χ0n) is 19.7. The minimum absolute atomic E-state index is 0.124. The van der Waals surface area contributed by atoms with Gasteiger partial charge in [-0.1, -0.05) is 51.0 Å². The van der Waals surface area contributed by atoms with Crippen molar-refractivity contribution in [1.29, 1.82) is 0 Å². The molecule has 4 nitrogen and oxygen atoms in total. The van der Waals surface area contributed by atoms with Crippen molar-refractivity contribution in [3.63, 3.8) is 0 Å². The summed E-state index contributed by atoms with van der Waals surface area (Å²) in [6.45, 7) is 13.7. The molecular weight excluding hydrogens is 384 g/mol. The first kappa shape index (κ1) is 22.4. The smallest absolute Gasteiger partial charge is 0.146 e. The Labute approximate surface area is 188 Å². The van der Waals surface area contributed by atoms with Gasteiger partial charge in [0.05, 0.1) is 18.9 Å². The molecule has 2 atom stereocenters. The molecule has 1 heterocycles. The van der Waals surface area contributed by atoms with Gasteiger partial charge in [-0.2, -0.15) is 0 Å². The van der Waals surface area contributed by atoms with Gasteiger partial charge in [0, 0.05) is 45.1 Å². The molecule has 2 fully saturated rings. The second-order valence-electron chi connectivity index (χ2n) is 9.46. The van der Waals surface area contributed by atoms with Gasteiger partial charge in [-0.3, -0.25) is 4.90 Å². The number of benzene rings is 1. The van der Waals surface area contributed by atoms with Gasteiger partial charge in [0.2, 0.25) is 0 Å². The second-order valence-corrected chi connectivity index (χ2v) is 9.46. The molecular formula is C27H40N2O2. The first-order valence-electron chi connectivity index (χ1n) is 12.4. The SMILES string of the molecule is CCCCN(CCCC)c1cc(CN2CCOCC2)cc(C)c1OC12C=CC=CC1C2. The molecule has 4 heteroatoms. The number of rotatable bonds is 11. The zero-order chi connectivity index (χ0) is 21.7. The fraction of sp³-hybridized carbons (Fsp3) is 0.630. The van der Waals surface area contributed by atoms with Crippen molar-refractivity contribution in [2.24, 2.45) is 5.92 Å². The maximum Gasteiger partial charge on any atom is 0.146 e. The summed E-state index contributed by atoms with van der Waals surface area (Å²) in [5, 5.41) is 0. The largest absolute Gasteiger partial charge is 0.480 e. The summed E-state index contributed by atoms with van der Waals surface area (Å²) in [5.74, 6) is 1.62. The Kier molecular flexibility index (Phi) is 7.39. The van der Waals surface area contributed by atoms with Gasteiger partial charge in [-0.05, 0) is 43.0 Å². The third kappa shape index (κ3) is 5.35. The normalized spacial score (nSPS) is 24.8. The summed E-state index contributed by atoms with van der Waals surface area (Å²) in [6.07, 6.45) is 14.8. The Morgan fingerprint density at radius 1 is 1.10 bits per heavy atom. The zero-order valence-corrected chi connectivity index (χ0v) is 19.7. The van der Waals surface area contributed by atoms with Crippen molar-refractivity contribution in [1.82, 2.24) is 4.90 Å². The Hall–Kier alpha value is -1.78. The molecule has 31 heavy (non-hydrogen) atoms. The van der Waals surface area contributed by atoms with E-state index in [1.807, 2.05) is 0 Å². The third-order valence-electron chi connectivity index (χ3n) is 6.86. The van der Waals surface area contributed by atoms with Gasteiger partial charge in [0.1, 0.15) is 11.4 Å². The fourth-order valence-corrected chi connectivity index (χ4v) is 4.82. The number of hydrogen-bond acceptors (Lipinski definition) is 4. The highest BCUT2D eigenvalue weighted by atomic mass is 16.5. The Morgan fingerprint density at radius 2 is 1.84 bits per heavy atom. The molecule has 3 aliphatic rings. The molecule has 1 saturated carbocycles. The molecule has 1 aromatic carbocycles. The summed E-state index contributed by atoms with van der Waals surface area (Å²) in [7, 11) is 0. The van der Waals surface area contributed by atoms with Crippen LogP contribution in [-0.4, -0.2) is 49.9 Å². The van der Waals surface area contributed by atoms with Crippen molar-refractivity contribution in [2.75, 3.05) is 44.3 Å². The lowest BCUT2D eigenvalue weighted by Crippen LogP contribution is -2.35. The lowest BCUT2D eigenvalue weighted by molar-refractivity contribution is 0.0342. The van der Waals surface area contributed by atoms with Crippen molar-refractivity contribution in [3.8, 4) is 5.75 Å². The van der Waals surface area contributed by atoms with E-state index in [0.29, 0.717) is 5.92 Å². The first-order chi connectivity index (χ1) is 15.1. The Balaban J connectivity index is 1.64. The van der Waals surface area contributed by atoms with Crippen LogP contribution >= 0.6 is 0 Å². The van der Waals surface area contributed by atoms with Crippen LogP contribution in [0.1, 0.15) is 57.1 Å². The first-order valence-corrected chi connectivity index (χ1v) is 12.4. The van der Waals surface area contributed by atoms with Crippen molar-refractivity contribution in [2.45, 2.75) is 65.0 Å². The van der Waals surface area contributed by atoms with Gasteiger partial charge >= 0.3 is 0 Å². The number of ether oxygens (including phenoxy) is 2. The number of nitrogens with zero attached hydrogens (tertiary/aromatic N) is 2. The summed E-state index contributed by atoms with van der Waals surface area (Å²) >= 11 is 0. The van der Waals surface area contributed by atoms with Gasteiger partial charge < -0.3 is 14.4 Å². The minimum atomic E-state index is -0.124. The van der Waals surface area contributed by atoms with Gasteiger partial charge in [-0.15, -0.1) is 0 Å². The maximum absolute atomic E-state index is 6.85. The molecule has 0 aromatic heterocycles. The van der Waals surface area contributed by atoms with E-state index in [1.54, 1.807) is 0 Å². The molecule has 2 aliphatic carbocycles. The molecule has 4 rings (SSSR count). The average Bonchev–Trinajstić information content (AvgIpc) is 3.51. The average molecular weight is 425 g/mol. The van der Waals surface area contributed by atoms with Crippen LogP contribution in [-0.2, 0) is 11.3 Å². The predicted octanol–water partition coefficient (Wildman–Crippen LogP) is 5.50. The highest BCUT2D eigenvalue weighted by molar-refractivity contribution is 5.64.